The molecule has 5 nitrogen and oxygen atoms in total. The Labute approximate surface area is 123 Å². The second kappa shape index (κ2) is 5.26. The quantitative estimate of drug-likeness (QED) is 0.783. The highest BCUT2D eigenvalue weighted by Gasteiger charge is 2.22. The smallest absolute Gasteiger partial charge is 0.161 e. The van der Waals surface area contributed by atoms with Crippen LogP contribution < -0.4 is 5.32 Å². The van der Waals surface area contributed by atoms with Gasteiger partial charge in [0.2, 0.25) is 0 Å². The average molecular weight is 279 g/mol. The lowest BCUT2D eigenvalue weighted by Crippen LogP contribution is -2.31. The Morgan fingerprint density at radius 2 is 2.10 bits per heavy atom. The Morgan fingerprint density at radius 3 is 2.90 bits per heavy atom. The second-order valence-electron chi connectivity index (χ2n) is 5.36. The summed E-state index contributed by atoms with van der Waals surface area (Å²) >= 11 is 0. The van der Waals surface area contributed by atoms with Gasteiger partial charge in [-0.2, -0.15) is 0 Å². The number of rotatable bonds is 2. The maximum atomic E-state index is 4.78. The van der Waals surface area contributed by atoms with Crippen LogP contribution in [0.5, 0.6) is 0 Å². The van der Waals surface area contributed by atoms with E-state index in [1.807, 2.05) is 36.7 Å². The van der Waals surface area contributed by atoms with Crippen molar-refractivity contribution in [1.29, 1.82) is 0 Å². The highest BCUT2D eigenvalue weighted by atomic mass is 15.2. The van der Waals surface area contributed by atoms with Crippen molar-refractivity contribution in [3.8, 4) is 11.4 Å². The lowest BCUT2D eigenvalue weighted by molar-refractivity contribution is 0.328. The van der Waals surface area contributed by atoms with Crippen LogP contribution in [0.3, 0.4) is 0 Å². The number of hydrogen-bond acceptors (Lipinski definition) is 4. The number of imidazole rings is 1. The van der Waals surface area contributed by atoms with E-state index in [0.717, 1.165) is 35.5 Å². The van der Waals surface area contributed by atoms with Crippen molar-refractivity contribution in [1.82, 2.24) is 24.8 Å². The van der Waals surface area contributed by atoms with Gasteiger partial charge in [-0.1, -0.05) is 0 Å². The van der Waals surface area contributed by atoms with Gasteiger partial charge in [-0.3, -0.25) is 14.9 Å². The summed E-state index contributed by atoms with van der Waals surface area (Å²) in [7, 11) is 0. The van der Waals surface area contributed by atoms with Crippen LogP contribution in [0.1, 0.15) is 25.4 Å². The van der Waals surface area contributed by atoms with Gasteiger partial charge < -0.3 is 0 Å². The van der Waals surface area contributed by atoms with E-state index in [-0.39, 0.29) is 6.17 Å². The van der Waals surface area contributed by atoms with Gasteiger partial charge >= 0.3 is 0 Å². The standard InChI is InChI=1S/C16H17N5/c1-2-9-18-14(7-1)21-15(12-5-3-8-17-11-12)20-13-6-4-10-19-16(13)21/h3-6,8,10-11,14,18H,1-2,7,9H2. The third kappa shape index (κ3) is 2.19. The molecule has 0 amide bonds. The fraction of sp³-hybridized carbons (Fsp3) is 0.312. The van der Waals surface area contributed by atoms with Crippen LogP contribution in [0.15, 0.2) is 42.9 Å². The van der Waals surface area contributed by atoms with Gasteiger partial charge in [-0.15, -0.1) is 0 Å². The van der Waals surface area contributed by atoms with Crippen molar-refractivity contribution in [2.75, 3.05) is 6.54 Å². The molecule has 1 unspecified atom stereocenters. The fourth-order valence-corrected chi connectivity index (χ4v) is 2.98. The lowest BCUT2D eigenvalue weighted by Gasteiger charge is -2.26. The molecule has 1 N–H and O–H groups in total. The van der Waals surface area contributed by atoms with Gasteiger partial charge in [0.15, 0.2) is 5.65 Å². The molecule has 0 radical (unpaired) electrons. The van der Waals surface area contributed by atoms with Crippen LogP contribution in [0.4, 0.5) is 0 Å². The minimum Gasteiger partial charge on any atom is -0.297 e. The molecule has 1 aliphatic heterocycles. The van der Waals surface area contributed by atoms with E-state index < -0.39 is 0 Å². The van der Waals surface area contributed by atoms with Crippen molar-refractivity contribution in [3.63, 3.8) is 0 Å². The molecule has 0 saturated carbocycles. The highest BCUT2D eigenvalue weighted by molar-refractivity contribution is 5.77. The number of aromatic nitrogens is 4. The number of nitrogens with zero attached hydrogens (tertiary/aromatic N) is 4. The van der Waals surface area contributed by atoms with Crippen molar-refractivity contribution < 1.29 is 0 Å². The minimum atomic E-state index is 0.258. The van der Waals surface area contributed by atoms with Gasteiger partial charge in [0, 0.05) is 24.2 Å². The third-order valence-corrected chi connectivity index (χ3v) is 3.96. The first-order valence-corrected chi connectivity index (χ1v) is 7.40. The maximum absolute atomic E-state index is 4.78. The molecule has 0 aromatic carbocycles. The fourth-order valence-electron chi connectivity index (χ4n) is 2.98. The Hall–Kier alpha value is -2.27. The van der Waals surface area contributed by atoms with Gasteiger partial charge in [-0.05, 0) is 50.1 Å². The Bertz CT molecular complexity index is 744. The van der Waals surface area contributed by atoms with Crippen LogP contribution >= 0.6 is 0 Å². The molecule has 21 heavy (non-hydrogen) atoms. The van der Waals surface area contributed by atoms with E-state index in [2.05, 4.69) is 19.9 Å². The summed E-state index contributed by atoms with van der Waals surface area (Å²) in [6, 6.07) is 7.94. The number of fused-ring (bicyclic) bond motifs is 1. The summed E-state index contributed by atoms with van der Waals surface area (Å²) in [5.41, 5.74) is 2.90. The zero-order chi connectivity index (χ0) is 14.1. The number of hydrogen-bond donors (Lipinski definition) is 1. The van der Waals surface area contributed by atoms with E-state index in [9.17, 15) is 0 Å². The van der Waals surface area contributed by atoms with Crippen LogP contribution in [-0.4, -0.2) is 26.1 Å². The second-order valence-corrected chi connectivity index (χ2v) is 5.36. The predicted octanol–water partition coefficient (Wildman–Crippen LogP) is 2.77. The topological polar surface area (TPSA) is 55.6 Å². The molecule has 0 spiro atoms. The van der Waals surface area contributed by atoms with E-state index in [0.29, 0.717) is 0 Å². The molecular formula is C16H17N5. The zero-order valence-electron chi connectivity index (χ0n) is 11.7. The normalized spacial score (nSPS) is 19.0. The molecule has 4 rings (SSSR count). The molecule has 1 atom stereocenters. The number of nitrogens with one attached hydrogen (secondary N) is 1. The molecule has 1 saturated heterocycles. The summed E-state index contributed by atoms with van der Waals surface area (Å²) in [5.74, 6) is 0.941. The maximum Gasteiger partial charge on any atom is 0.161 e. The monoisotopic (exact) mass is 279 g/mol. The van der Waals surface area contributed by atoms with Crippen molar-refractivity contribution in [2.24, 2.45) is 0 Å². The molecule has 5 heteroatoms. The highest BCUT2D eigenvalue weighted by Crippen LogP contribution is 2.29. The predicted molar refractivity (Wildman–Crippen MR) is 81.6 cm³/mol. The largest absolute Gasteiger partial charge is 0.297 e. The lowest BCUT2D eigenvalue weighted by atomic mass is 10.1. The van der Waals surface area contributed by atoms with Gasteiger partial charge in [-0.25, -0.2) is 9.97 Å². The first kappa shape index (κ1) is 12.5. The molecule has 3 aromatic heterocycles. The minimum absolute atomic E-state index is 0.258. The van der Waals surface area contributed by atoms with Crippen LogP contribution in [0.25, 0.3) is 22.6 Å². The summed E-state index contributed by atoms with van der Waals surface area (Å²) in [6.07, 6.45) is 9.31. The molecule has 3 aromatic rings. The first-order chi connectivity index (χ1) is 10.4. The van der Waals surface area contributed by atoms with Crippen molar-refractivity contribution in [3.05, 3.63) is 42.9 Å². The third-order valence-electron chi connectivity index (χ3n) is 3.96. The molecule has 0 aliphatic carbocycles. The van der Waals surface area contributed by atoms with Crippen molar-refractivity contribution >= 4 is 11.2 Å². The number of pyridine rings is 2. The van der Waals surface area contributed by atoms with E-state index >= 15 is 0 Å². The summed E-state index contributed by atoms with van der Waals surface area (Å²) in [4.78, 5) is 13.5. The zero-order valence-corrected chi connectivity index (χ0v) is 11.7. The van der Waals surface area contributed by atoms with Gasteiger partial charge in [0.05, 0.1) is 6.17 Å². The Kier molecular flexibility index (Phi) is 3.12. The first-order valence-electron chi connectivity index (χ1n) is 7.40. The average Bonchev–Trinajstić information content (AvgIpc) is 2.96. The van der Waals surface area contributed by atoms with Gasteiger partial charge in [0.25, 0.3) is 0 Å². The summed E-state index contributed by atoms with van der Waals surface area (Å²) in [5, 5.41) is 3.59. The number of piperidine rings is 1. The molecule has 1 aliphatic rings. The van der Waals surface area contributed by atoms with Crippen LogP contribution in [0.2, 0.25) is 0 Å². The molecule has 1 fully saturated rings. The van der Waals surface area contributed by atoms with E-state index in [1.54, 1.807) is 6.20 Å². The molecular weight excluding hydrogens is 262 g/mol. The summed E-state index contributed by atoms with van der Waals surface area (Å²) < 4.78 is 2.23. The Morgan fingerprint density at radius 1 is 1.14 bits per heavy atom. The SMILES string of the molecule is c1cncc(-c2nc3cccnc3n2C2CCCCN2)c1. The van der Waals surface area contributed by atoms with Crippen molar-refractivity contribution in [2.45, 2.75) is 25.4 Å². The molecule has 4 heterocycles. The van der Waals surface area contributed by atoms with E-state index in [1.165, 1.54) is 12.8 Å². The van der Waals surface area contributed by atoms with E-state index in [4.69, 9.17) is 4.98 Å². The van der Waals surface area contributed by atoms with Crippen LogP contribution in [0, 0.1) is 0 Å². The summed E-state index contributed by atoms with van der Waals surface area (Å²) in [6.45, 7) is 1.05. The Balaban J connectivity index is 1.92. The molecule has 0 bridgehead atoms. The van der Waals surface area contributed by atoms with Gasteiger partial charge in [0.1, 0.15) is 11.3 Å². The molecule has 106 valence electrons. The van der Waals surface area contributed by atoms with Crippen LogP contribution in [-0.2, 0) is 0 Å².